The molecule has 1 aromatic rings. The van der Waals surface area contributed by atoms with Crippen LogP contribution in [0.15, 0.2) is 11.1 Å². The molecule has 0 bridgehead atoms. The van der Waals surface area contributed by atoms with Gasteiger partial charge >= 0.3 is 0 Å². The number of nitrogen functional groups attached to an aromatic ring is 1. The molecule has 1 aromatic heterocycles. The van der Waals surface area contributed by atoms with Crippen LogP contribution in [0.2, 0.25) is 0 Å². The monoisotopic (exact) mass is 302 g/mol. The average molecular weight is 302 g/mol. The van der Waals surface area contributed by atoms with Crippen LogP contribution in [0.3, 0.4) is 0 Å². The molecule has 0 aromatic carbocycles. The molecule has 22 heavy (non-hydrogen) atoms. The molecule has 4 heteroatoms. The Morgan fingerprint density at radius 2 is 2.05 bits per heavy atom. The summed E-state index contributed by atoms with van der Waals surface area (Å²) in [6.07, 6.45) is 9.59. The zero-order valence-corrected chi connectivity index (χ0v) is 14.6. The second kappa shape index (κ2) is 7.12. The summed E-state index contributed by atoms with van der Waals surface area (Å²) in [7, 11) is 0. The van der Waals surface area contributed by atoms with Crippen molar-refractivity contribution in [2.24, 2.45) is 22.7 Å². The molecule has 0 saturated heterocycles. The minimum atomic E-state index is 0.330. The van der Waals surface area contributed by atoms with E-state index in [-0.39, 0.29) is 0 Å². The average Bonchev–Trinajstić information content (AvgIpc) is 2.79. The molecule has 4 nitrogen and oxygen atoms in total. The van der Waals surface area contributed by atoms with Crippen LogP contribution in [0, 0.1) is 17.8 Å². The largest absolute Gasteiger partial charge is 0.382 e. The second-order valence-electron chi connectivity index (χ2n) is 7.13. The molecule has 1 aliphatic rings. The molecule has 0 aliphatic carbocycles. The Labute approximate surface area is 133 Å². The molecule has 122 valence electrons. The number of allylic oxidation sites excluding steroid dienone is 1. The third-order valence-corrected chi connectivity index (χ3v) is 4.74. The van der Waals surface area contributed by atoms with Gasteiger partial charge in [0.15, 0.2) is 11.3 Å². The van der Waals surface area contributed by atoms with Crippen LogP contribution in [-0.2, 0) is 0 Å². The van der Waals surface area contributed by atoms with Crippen molar-refractivity contribution in [3.8, 4) is 0 Å². The lowest BCUT2D eigenvalue weighted by atomic mass is 9.93. The van der Waals surface area contributed by atoms with Gasteiger partial charge in [-0.1, -0.05) is 46.8 Å². The first-order valence-electron chi connectivity index (χ1n) is 8.48. The Morgan fingerprint density at radius 3 is 2.68 bits per heavy atom. The van der Waals surface area contributed by atoms with Gasteiger partial charge in [-0.25, -0.2) is 4.68 Å². The van der Waals surface area contributed by atoms with E-state index in [0.29, 0.717) is 17.8 Å². The summed E-state index contributed by atoms with van der Waals surface area (Å²) in [5.74, 6) is 2.59. The maximum absolute atomic E-state index is 6.02. The predicted molar refractivity (Wildman–Crippen MR) is 93.7 cm³/mol. The Bertz CT molecular complexity index is 637. The van der Waals surface area contributed by atoms with Gasteiger partial charge in [0.25, 0.3) is 0 Å². The van der Waals surface area contributed by atoms with Crippen LogP contribution in [-0.4, -0.2) is 15.8 Å². The van der Waals surface area contributed by atoms with Gasteiger partial charge in [0, 0.05) is 6.20 Å². The van der Waals surface area contributed by atoms with Gasteiger partial charge in [-0.2, -0.15) is 0 Å². The van der Waals surface area contributed by atoms with Gasteiger partial charge in [0.05, 0.1) is 11.3 Å². The van der Waals surface area contributed by atoms with Crippen molar-refractivity contribution in [2.75, 3.05) is 5.73 Å². The van der Waals surface area contributed by atoms with Gasteiger partial charge in [-0.3, -0.25) is 4.99 Å². The Hall–Kier alpha value is -1.58. The molecule has 0 fully saturated rings. The first-order valence-corrected chi connectivity index (χ1v) is 8.48. The van der Waals surface area contributed by atoms with Crippen molar-refractivity contribution in [1.29, 1.82) is 0 Å². The number of aromatic nitrogens is 2. The van der Waals surface area contributed by atoms with E-state index in [9.17, 15) is 0 Å². The van der Waals surface area contributed by atoms with Crippen LogP contribution in [0.5, 0.6) is 0 Å². The minimum absolute atomic E-state index is 0.330. The van der Waals surface area contributed by atoms with Crippen LogP contribution in [0.4, 0.5) is 5.82 Å². The van der Waals surface area contributed by atoms with E-state index in [1.54, 1.807) is 0 Å². The molecular weight excluding hydrogens is 272 g/mol. The normalized spacial score (nSPS) is 19.3. The van der Waals surface area contributed by atoms with Crippen molar-refractivity contribution < 1.29 is 0 Å². The van der Waals surface area contributed by atoms with E-state index in [1.807, 2.05) is 10.9 Å². The van der Waals surface area contributed by atoms with E-state index in [1.165, 1.54) is 6.42 Å². The maximum Gasteiger partial charge on any atom is 0.159 e. The highest BCUT2D eigenvalue weighted by Gasteiger charge is 2.16. The molecule has 0 radical (unpaired) electrons. The molecular formula is C18H30N4. The number of nitrogens with zero attached hydrogens (tertiary/aromatic N) is 3. The van der Waals surface area contributed by atoms with E-state index in [2.05, 4.69) is 51.9 Å². The fourth-order valence-electron chi connectivity index (χ4n) is 2.62. The topological polar surface area (TPSA) is 56.2 Å². The zero-order chi connectivity index (χ0) is 16.3. The van der Waals surface area contributed by atoms with Gasteiger partial charge in [0.1, 0.15) is 0 Å². The number of anilines is 1. The number of hydrogen-bond donors (Lipinski definition) is 1. The fraction of sp³-hybridized carbons (Fsp3) is 0.667. The number of nitrogens with two attached hydrogens (primary N) is 1. The first-order chi connectivity index (χ1) is 10.4. The predicted octanol–water partition coefficient (Wildman–Crippen LogP) is 2.84. The SMILES string of the molecule is CC(C)C(C)CC/C=C/n1nc(N)c2c1=NC(C(C)C)CC=2. The number of rotatable bonds is 6. The summed E-state index contributed by atoms with van der Waals surface area (Å²) >= 11 is 0. The van der Waals surface area contributed by atoms with Crippen LogP contribution in [0.1, 0.15) is 53.9 Å². The van der Waals surface area contributed by atoms with Gasteiger partial charge in [-0.15, -0.1) is 5.10 Å². The van der Waals surface area contributed by atoms with Crippen LogP contribution >= 0.6 is 0 Å². The summed E-state index contributed by atoms with van der Waals surface area (Å²) in [5, 5.41) is 5.42. The summed E-state index contributed by atoms with van der Waals surface area (Å²) in [6, 6.07) is 0.330. The Kier molecular flexibility index (Phi) is 5.43. The summed E-state index contributed by atoms with van der Waals surface area (Å²) in [4.78, 5) is 4.85. The molecule has 2 heterocycles. The molecule has 0 saturated carbocycles. The lowest BCUT2D eigenvalue weighted by Gasteiger charge is -2.16. The summed E-state index contributed by atoms with van der Waals surface area (Å²) in [5.41, 5.74) is 6.93. The highest BCUT2D eigenvalue weighted by atomic mass is 15.3. The van der Waals surface area contributed by atoms with Crippen molar-refractivity contribution in [1.82, 2.24) is 9.78 Å². The van der Waals surface area contributed by atoms with Crippen molar-refractivity contribution in [3.05, 3.63) is 16.8 Å². The van der Waals surface area contributed by atoms with Crippen molar-refractivity contribution >= 4 is 18.1 Å². The van der Waals surface area contributed by atoms with Gasteiger partial charge in [-0.05, 0) is 37.0 Å². The highest BCUT2D eigenvalue weighted by Crippen LogP contribution is 2.16. The van der Waals surface area contributed by atoms with Crippen LogP contribution in [0.25, 0.3) is 12.3 Å². The van der Waals surface area contributed by atoms with Gasteiger partial charge in [0.2, 0.25) is 0 Å². The second-order valence-corrected chi connectivity index (χ2v) is 7.13. The van der Waals surface area contributed by atoms with E-state index < -0.39 is 0 Å². The third kappa shape index (κ3) is 3.79. The fourth-order valence-corrected chi connectivity index (χ4v) is 2.62. The standard InChI is InChI=1S/C18H30N4/c1-12(2)14(5)8-6-7-11-22-18-15(17(19)21-22)9-10-16(20-18)13(3)4/h7,9,11-14,16H,6,8,10H2,1-5H3,(H2,19,21)/b11-7+. The number of fused-ring (bicyclic) bond motifs is 1. The maximum atomic E-state index is 6.02. The van der Waals surface area contributed by atoms with E-state index >= 15 is 0 Å². The summed E-state index contributed by atoms with van der Waals surface area (Å²) < 4.78 is 1.84. The van der Waals surface area contributed by atoms with Crippen molar-refractivity contribution in [3.63, 3.8) is 0 Å². The smallest absolute Gasteiger partial charge is 0.159 e. The minimum Gasteiger partial charge on any atom is -0.382 e. The zero-order valence-electron chi connectivity index (χ0n) is 14.6. The Balaban J connectivity index is 2.15. The molecule has 2 N–H and O–H groups in total. The molecule has 2 atom stereocenters. The molecule has 1 aliphatic heterocycles. The first kappa shape index (κ1) is 16.8. The quantitative estimate of drug-likeness (QED) is 0.878. The molecule has 2 rings (SSSR count). The lowest BCUT2D eigenvalue weighted by Crippen LogP contribution is -2.35. The lowest BCUT2D eigenvalue weighted by molar-refractivity contribution is 0.395. The Morgan fingerprint density at radius 1 is 1.32 bits per heavy atom. The molecule has 0 amide bonds. The third-order valence-electron chi connectivity index (χ3n) is 4.74. The van der Waals surface area contributed by atoms with Gasteiger partial charge < -0.3 is 5.73 Å². The van der Waals surface area contributed by atoms with Crippen molar-refractivity contribution in [2.45, 2.75) is 59.9 Å². The number of hydrogen-bond acceptors (Lipinski definition) is 3. The molecule has 0 spiro atoms. The van der Waals surface area contributed by atoms with E-state index in [4.69, 9.17) is 10.7 Å². The highest BCUT2D eigenvalue weighted by molar-refractivity contribution is 5.41. The summed E-state index contributed by atoms with van der Waals surface area (Å²) in [6.45, 7) is 11.3. The molecule has 2 unspecified atom stereocenters. The van der Waals surface area contributed by atoms with Crippen LogP contribution < -0.4 is 16.4 Å². The van der Waals surface area contributed by atoms with E-state index in [0.717, 1.165) is 35.4 Å².